The molecule has 1 N–H and O–H groups in total. The monoisotopic (exact) mass is 452 g/mol. The van der Waals surface area contributed by atoms with Crippen LogP contribution >= 0.6 is 8.96 Å². The van der Waals surface area contributed by atoms with Crippen LogP contribution in [0.3, 0.4) is 0 Å². The number of halogens is 1. The number of fused-ring (bicyclic) bond motifs is 2. The van der Waals surface area contributed by atoms with Crippen molar-refractivity contribution in [3.05, 3.63) is 30.3 Å². The molecule has 0 unspecified atom stereocenters. The van der Waals surface area contributed by atoms with Crippen LogP contribution in [0.5, 0.6) is 0 Å². The van der Waals surface area contributed by atoms with Crippen molar-refractivity contribution < 1.29 is 5.11 Å². The van der Waals surface area contributed by atoms with Crippen LogP contribution in [0, 0.1) is 16.7 Å². The predicted molar refractivity (Wildman–Crippen MR) is 102 cm³/mol. The minimum absolute atomic E-state index is 0.0596. The molecule has 2 aliphatic rings. The minimum atomic E-state index is -2.74. The Morgan fingerprint density at radius 1 is 1.26 bits per heavy atom. The zero-order valence-electron chi connectivity index (χ0n) is 14.7. The standard InChI is InChI=1S/C20H31ClOTe/c1-4-5-13-23(21,17-9-7-6-8-10-17)15-20-12-11-16(14-18(20)22)19(20,2)3/h6-10,16,18,22H,4-5,11-15H2,1-3H3/t16-,18-,20-/m1/s1. The maximum atomic E-state index is 10.9. The Morgan fingerprint density at radius 2 is 1.96 bits per heavy atom. The SMILES string of the molecule is CCCC[Te@@](Cl)(C[C@]12CC[C@H](C[C@H]1O)C2(C)C)c1ccccc1. The third-order valence-electron chi connectivity index (χ3n) is 6.86. The summed E-state index contributed by atoms with van der Waals surface area (Å²) in [7, 11) is 7.48. The van der Waals surface area contributed by atoms with Crippen molar-refractivity contribution >= 4 is 29.6 Å². The Bertz CT molecular complexity index is 546. The molecule has 0 radical (unpaired) electrons. The van der Waals surface area contributed by atoms with Crippen LogP contribution in [-0.2, 0) is 0 Å². The molecule has 1 aromatic rings. The van der Waals surface area contributed by atoms with E-state index in [1.54, 1.807) is 0 Å². The average molecular weight is 451 g/mol. The van der Waals surface area contributed by atoms with Crippen molar-refractivity contribution in [1.82, 2.24) is 0 Å². The van der Waals surface area contributed by atoms with Crippen molar-refractivity contribution in [3.8, 4) is 0 Å². The molecule has 23 heavy (non-hydrogen) atoms. The van der Waals surface area contributed by atoms with Crippen LogP contribution in [0.4, 0.5) is 0 Å². The van der Waals surface area contributed by atoms with Crippen LogP contribution < -0.4 is 3.61 Å². The van der Waals surface area contributed by atoms with Gasteiger partial charge in [-0.15, -0.1) is 0 Å². The van der Waals surface area contributed by atoms with E-state index in [4.69, 9.17) is 8.96 Å². The van der Waals surface area contributed by atoms with Crippen LogP contribution in [0.15, 0.2) is 30.3 Å². The molecule has 0 aliphatic heterocycles. The van der Waals surface area contributed by atoms with Crippen LogP contribution in [0.2, 0.25) is 8.94 Å². The molecule has 1 aromatic carbocycles. The fraction of sp³-hybridized carbons (Fsp3) is 0.700. The number of unbranched alkanes of at least 4 members (excludes halogenated alkanes) is 1. The van der Waals surface area contributed by atoms with Crippen molar-refractivity contribution in [2.75, 3.05) is 0 Å². The summed E-state index contributed by atoms with van der Waals surface area (Å²) in [6.45, 7) is 7.04. The van der Waals surface area contributed by atoms with Gasteiger partial charge in [0.1, 0.15) is 0 Å². The summed E-state index contributed by atoms with van der Waals surface area (Å²) in [5, 5.41) is 10.9. The number of hydrogen-bond donors (Lipinski definition) is 1. The molecule has 2 fully saturated rings. The van der Waals surface area contributed by atoms with Gasteiger partial charge in [-0.25, -0.2) is 0 Å². The molecule has 0 aromatic heterocycles. The van der Waals surface area contributed by atoms with E-state index in [9.17, 15) is 5.11 Å². The molecule has 4 atom stereocenters. The molecule has 1 nitrogen and oxygen atoms in total. The molecule has 0 saturated heterocycles. The van der Waals surface area contributed by atoms with E-state index in [2.05, 4.69) is 51.1 Å². The summed E-state index contributed by atoms with van der Waals surface area (Å²) in [5.41, 5.74) is 0.295. The average Bonchev–Trinajstić information content (AvgIpc) is 2.88. The van der Waals surface area contributed by atoms with E-state index in [0.717, 1.165) is 10.9 Å². The number of hydrogen-bond acceptors (Lipinski definition) is 1. The first kappa shape index (κ1) is 18.1. The molecule has 2 aliphatic carbocycles. The van der Waals surface area contributed by atoms with Gasteiger partial charge in [0.2, 0.25) is 0 Å². The quantitative estimate of drug-likeness (QED) is 0.601. The fourth-order valence-electron chi connectivity index (χ4n) is 5.10. The topological polar surface area (TPSA) is 20.2 Å². The zero-order chi connectivity index (χ0) is 16.7. The second-order valence-electron chi connectivity index (χ2n) is 8.17. The molecule has 2 saturated carbocycles. The van der Waals surface area contributed by atoms with Gasteiger partial charge in [-0.05, 0) is 0 Å². The van der Waals surface area contributed by atoms with Gasteiger partial charge in [0.05, 0.1) is 0 Å². The Morgan fingerprint density at radius 3 is 2.48 bits per heavy atom. The first-order valence-corrected chi connectivity index (χ1v) is 16.5. The van der Waals surface area contributed by atoms with E-state index in [1.165, 1.54) is 33.8 Å². The van der Waals surface area contributed by atoms with Crippen LogP contribution in [-0.4, -0.2) is 28.3 Å². The molecule has 3 rings (SSSR count). The summed E-state index contributed by atoms with van der Waals surface area (Å²) < 4.78 is 3.68. The van der Waals surface area contributed by atoms with E-state index >= 15 is 0 Å². The van der Waals surface area contributed by atoms with Gasteiger partial charge in [-0.2, -0.15) is 0 Å². The maximum absolute atomic E-state index is 10.9. The van der Waals surface area contributed by atoms with Gasteiger partial charge in [0.15, 0.2) is 0 Å². The number of benzene rings is 1. The first-order valence-electron chi connectivity index (χ1n) is 9.07. The van der Waals surface area contributed by atoms with Gasteiger partial charge in [0, 0.05) is 0 Å². The second kappa shape index (κ2) is 6.53. The molecule has 0 heterocycles. The Kier molecular flexibility index (Phi) is 5.13. The summed E-state index contributed by atoms with van der Waals surface area (Å²) in [6, 6.07) is 10.9. The van der Waals surface area contributed by atoms with Crippen molar-refractivity contribution in [3.63, 3.8) is 0 Å². The normalized spacial score (nSPS) is 34.5. The molecular weight excluding hydrogens is 419 g/mol. The number of rotatable bonds is 6. The van der Waals surface area contributed by atoms with Crippen LogP contribution in [0.1, 0.15) is 52.9 Å². The molecular formula is C20H31ClOTe. The third-order valence-corrected chi connectivity index (χ3v) is 18.5. The van der Waals surface area contributed by atoms with Gasteiger partial charge in [-0.1, -0.05) is 0 Å². The summed E-state index contributed by atoms with van der Waals surface area (Å²) in [5.74, 6) is 0.684. The molecule has 0 amide bonds. The van der Waals surface area contributed by atoms with E-state index in [0.29, 0.717) is 5.92 Å². The van der Waals surface area contributed by atoms with Gasteiger partial charge in [0.25, 0.3) is 0 Å². The summed E-state index contributed by atoms with van der Waals surface area (Å²) in [4.78, 5) is 0. The Balaban J connectivity index is 1.96. The zero-order valence-corrected chi connectivity index (χ0v) is 17.8. The molecule has 0 spiro atoms. The van der Waals surface area contributed by atoms with Crippen LogP contribution in [0.25, 0.3) is 0 Å². The van der Waals surface area contributed by atoms with E-state index in [-0.39, 0.29) is 16.9 Å². The number of aliphatic hydroxyl groups excluding tert-OH is 1. The molecule has 130 valence electrons. The Labute approximate surface area is 149 Å². The molecule has 3 heteroatoms. The van der Waals surface area contributed by atoms with Crippen molar-refractivity contribution in [1.29, 1.82) is 0 Å². The Hall–Kier alpha value is 0.260. The number of aliphatic hydroxyl groups is 1. The van der Waals surface area contributed by atoms with E-state index < -0.39 is 17.1 Å². The van der Waals surface area contributed by atoms with E-state index in [1.807, 2.05) is 0 Å². The van der Waals surface area contributed by atoms with Gasteiger partial charge in [-0.3, -0.25) is 0 Å². The van der Waals surface area contributed by atoms with Gasteiger partial charge < -0.3 is 0 Å². The summed E-state index contributed by atoms with van der Waals surface area (Å²) >= 11 is -2.74. The van der Waals surface area contributed by atoms with Crippen molar-refractivity contribution in [2.24, 2.45) is 16.7 Å². The van der Waals surface area contributed by atoms with Gasteiger partial charge >= 0.3 is 150 Å². The predicted octanol–water partition coefficient (Wildman–Crippen LogP) is 5.07. The van der Waals surface area contributed by atoms with Crippen molar-refractivity contribution in [2.45, 2.75) is 67.9 Å². The third kappa shape index (κ3) is 2.89. The fourth-order valence-corrected chi connectivity index (χ4v) is 17.7. The molecule has 2 bridgehead atoms. The summed E-state index contributed by atoms with van der Waals surface area (Å²) in [6.07, 6.45) is 5.72. The first-order chi connectivity index (χ1) is 10.9. The second-order valence-corrected chi connectivity index (χ2v) is 20.0.